The van der Waals surface area contributed by atoms with E-state index in [1.54, 1.807) is 0 Å². The molecule has 2 heterocycles. The second kappa shape index (κ2) is 7.84. The van der Waals surface area contributed by atoms with Gasteiger partial charge in [-0.15, -0.1) is 0 Å². The molecule has 148 valence electrons. The number of ether oxygens (including phenoxy) is 2. The first kappa shape index (κ1) is 19.4. The Morgan fingerprint density at radius 1 is 0.862 bits per heavy atom. The Labute approximate surface area is 173 Å². The average molecular weight is 414 g/mol. The zero-order valence-corrected chi connectivity index (χ0v) is 16.3. The third-order valence-electron chi connectivity index (χ3n) is 5.22. The molecular weight excluding hydrogens is 396 g/mol. The minimum atomic E-state index is -0.585. The van der Waals surface area contributed by atoms with Crippen LogP contribution in [0.15, 0.2) is 60.7 Å². The maximum absolute atomic E-state index is 14.8. The first-order valence-electron chi connectivity index (χ1n) is 9.23. The molecule has 0 fully saturated rings. The number of benzene rings is 3. The highest BCUT2D eigenvalue weighted by Gasteiger charge is 2.32. The van der Waals surface area contributed by atoms with Crippen molar-refractivity contribution in [3.8, 4) is 11.5 Å². The Bertz CT molecular complexity index is 1100. The first-order valence-corrected chi connectivity index (χ1v) is 9.23. The van der Waals surface area contributed by atoms with Crippen molar-refractivity contribution in [2.75, 3.05) is 13.3 Å². The molecule has 2 aliphatic rings. The van der Waals surface area contributed by atoms with E-state index in [0.29, 0.717) is 23.6 Å². The van der Waals surface area contributed by atoms with Gasteiger partial charge in [0.2, 0.25) is 12.5 Å². The molecule has 0 N–H and O–H groups in total. The minimum absolute atomic E-state index is 0. The fourth-order valence-electron chi connectivity index (χ4n) is 3.91. The Morgan fingerprint density at radius 3 is 2.38 bits per heavy atom. The Morgan fingerprint density at radius 2 is 1.62 bits per heavy atom. The molecule has 0 aromatic heterocycles. The van der Waals surface area contributed by atoms with Gasteiger partial charge in [-0.05, 0) is 29.8 Å². The summed E-state index contributed by atoms with van der Waals surface area (Å²) in [5, 5.41) is 0. The zero-order chi connectivity index (χ0) is 19.1. The van der Waals surface area contributed by atoms with Gasteiger partial charge in [-0.3, -0.25) is 0 Å². The second-order valence-corrected chi connectivity index (χ2v) is 6.99. The summed E-state index contributed by atoms with van der Waals surface area (Å²) in [7, 11) is 0. The van der Waals surface area contributed by atoms with Crippen LogP contribution in [0.25, 0.3) is 0 Å². The molecule has 0 bridgehead atoms. The van der Waals surface area contributed by atoms with Gasteiger partial charge in [0.1, 0.15) is 18.2 Å². The van der Waals surface area contributed by atoms with Crippen LogP contribution in [-0.2, 0) is 13.0 Å². The molecule has 6 heteroatoms. The van der Waals surface area contributed by atoms with Crippen LogP contribution in [0.4, 0.5) is 8.78 Å². The van der Waals surface area contributed by atoms with Crippen LogP contribution in [-0.4, -0.2) is 23.6 Å². The van der Waals surface area contributed by atoms with Crippen molar-refractivity contribution in [3.63, 3.8) is 0 Å². The van der Waals surface area contributed by atoms with Crippen molar-refractivity contribution in [2.45, 2.75) is 13.0 Å². The van der Waals surface area contributed by atoms with Crippen molar-refractivity contribution < 1.29 is 35.2 Å². The van der Waals surface area contributed by atoms with Gasteiger partial charge in [0.15, 0.2) is 18.0 Å². The van der Waals surface area contributed by atoms with E-state index in [-0.39, 0.29) is 19.2 Å². The summed E-state index contributed by atoms with van der Waals surface area (Å²) in [6, 6.07) is 17.7. The van der Waals surface area contributed by atoms with Gasteiger partial charge in [0.25, 0.3) is 0 Å². The van der Waals surface area contributed by atoms with E-state index in [1.165, 1.54) is 12.1 Å². The van der Waals surface area contributed by atoms with Crippen LogP contribution < -0.4 is 21.9 Å². The van der Waals surface area contributed by atoms with Crippen LogP contribution in [0.2, 0.25) is 0 Å². The van der Waals surface area contributed by atoms with Crippen molar-refractivity contribution in [1.82, 2.24) is 0 Å². The van der Waals surface area contributed by atoms with E-state index < -0.39 is 11.6 Å². The summed E-state index contributed by atoms with van der Waals surface area (Å²) >= 11 is 0. The Kier molecular flexibility index (Phi) is 5.24. The molecule has 29 heavy (non-hydrogen) atoms. The molecular formula is C23H18ClF2NO2. The van der Waals surface area contributed by atoms with E-state index in [2.05, 4.69) is 4.58 Å². The molecule has 3 aromatic rings. The molecule has 3 aromatic carbocycles. The third kappa shape index (κ3) is 3.58. The second-order valence-electron chi connectivity index (χ2n) is 6.99. The van der Waals surface area contributed by atoms with Crippen LogP contribution in [0, 0.1) is 11.6 Å². The summed E-state index contributed by atoms with van der Waals surface area (Å²) in [5.41, 5.74) is 4.24. The molecule has 0 unspecified atom stereocenters. The Hall–Kier alpha value is -2.92. The van der Waals surface area contributed by atoms with E-state index in [1.807, 2.05) is 42.5 Å². The lowest BCUT2D eigenvalue weighted by atomic mass is 9.91. The molecule has 0 amide bonds. The number of halogens is 3. The largest absolute Gasteiger partial charge is 1.00 e. The van der Waals surface area contributed by atoms with Gasteiger partial charge in [0, 0.05) is 18.1 Å². The summed E-state index contributed by atoms with van der Waals surface area (Å²) in [6.07, 6.45) is 0.811. The van der Waals surface area contributed by atoms with Crippen LogP contribution in [0.1, 0.15) is 22.3 Å². The SMILES string of the molecule is Fc1ccc(C2=[N+](Cc3ccccc3)CCc3cc4c(cc32)OCO4)c(F)c1.[Cl-]. The normalized spacial score (nSPS) is 14.4. The minimum Gasteiger partial charge on any atom is -1.00 e. The lowest BCUT2D eigenvalue weighted by Gasteiger charge is -2.20. The first-order chi connectivity index (χ1) is 13.7. The van der Waals surface area contributed by atoms with E-state index in [9.17, 15) is 8.78 Å². The summed E-state index contributed by atoms with van der Waals surface area (Å²) < 4.78 is 41.5. The third-order valence-corrected chi connectivity index (χ3v) is 5.22. The average Bonchev–Trinajstić information content (AvgIpc) is 3.15. The predicted molar refractivity (Wildman–Crippen MR) is 101 cm³/mol. The highest BCUT2D eigenvalue weighted by Crippen LogP contribution is 2.37. The predicted octanol–water partition coefficient (Wildman–Crippen LogP) is 1.30. The van der Waals surface area contributed by atoms with E-state index in [0.717, 1.165) is 41.4 Å². The molecule has 0 saturated heterocycles. The van der Waals surface area contributed by atoms with Crippen molar-refractivity contribution in [3.05, 3.63) is 94.6 Å². The molecule has 3 nitrogen and oxygen atoms in total. The topological polar surface area (TPSA) is 21.5 Å². The van der Waals surface area contributed by atoms with E-state index >= 15 is 0 Å². The van der Waals surface area contributed by atoms with Crippen molar-refractivity contribution >= 4 is 5.71 Å². The summed E-state index contributed by atoms with van der Waals surface area (Å²) in [5.74, 6) is 0.214. The van der Waals surface area contributed by atoms with Gasteiger partial charge in [-0.1, -0.05) is 30.3 Å². The molecule has 0 atom stereocenters. The standard InChI is InChI=1S/C23H18F2NO2.ClH/c24-17-6-7-18(20(25)11-17)23-19-12-22-21(27-14-28-22)10-16(19)8-9-26(23)13-15-4-2-1-3-5-15;/h1-7,10-12H,8-9,13-14H2;1H/q+1;/p-1. The number of rotatable bonds is 3. The lowest BCUT2D eigenvalue weighted by Crippen LogP contribution is -3.00. The summed E-state index contributed by atoms with van der Waals surface area (Å²) in [4.78, 5) is 0. The van der Waals surface area contributed by atoms with Crippen molar-refractivity contribution in [1.29, 1.82) is 0 Å². The molecule has 0 radical (unpaired) electrons. The fourth-order valence-corrected chi connectivity index (χ4v) is 3.91. The van der Waals surface area contributed by atoms with Crippen LogP contribution in [0.5, 0.6) is 11.5 Å². The number of hydrogen-bond donors (Lipinski definition) is 0. The van der Waals surface area contributed by atoms with Crippen molar-refractivity contribution in [2.24, 2.45) is 0 Å². The van der Waals surface area contributed by atoms with Crippen LogP contribution in [0.3, 0.4) is 0 Å². The molecule has 0 saturated carbocycles. The number of nitrogens with zero attached hydrogens (tertiary/aromatic N) is 1. The lowest BCUT2D eigenvalue weighted by molar-refractivity contribution is -0.544. The summed E-state index contributed by atoms with van der Waals surface area (Å²) in [6.45, 7) is 1.56. The number of fused-ring (bicyclic) bond motifs is 2. The van der Waals surface area contributed by atoms with Gasteiger partial charge in [-0.2, -0.15) is 0 Å². The van der Waals surface area contributed by atoms with Gasteiger partial charge in [0.05, 0.1) is 11.1 Å². The van der Waals surface area contributed by atoms with Gasteiger partial charge >= 0.3 is 0 Å². The highest BCUT2D eigenvalue weighted by atomic mass is 35.5. The van der Waals surface area contributed by atoms with Gasteiger partial charge < -0.3 is 21.9 Å². The quantitative estimate of drug-likeness (QED) is 0.604. The van der Waals surface area contributed by atoms with Gasteiger partial charge in [-0.25, -0.2) is 13.4 Å². The maximum Gasteiger partial charge on any atom is 0.231 e. The molecule has 0 aliphatic carbocycles. The fraction of sp³-hybridized carbons (Fsp3) is 0.174. The molecule has 0 spiro atoms. The van der Waals surface area contributed by atoms with Crippen LogP contribution >= 0.6 is 0 Å². The Balaban J connectivity index is 0.00000205. The zero-order valence-electron chi connectivity index (χ0n) is 15.5. The smallest absolute Gasteiger partial charge is 0.231 e. The maximum atomic E-state index is 14.8. The highest BCUT2D eigenvalue weighted by molar-refractivity contribution is 6.11. The monoisotopic (exact) mass is 413 g/mol. The van der Waals surface area contributed by atoms with E-state index in [4.69, 9.17) is 9.47 Å². The number of hydrogen-bond acceptors (Lipinski definition) is 2. The molecule has 2 aliphatic heterocycles. The molecule has 5 rings (SSSR count).